The normalized spacial score (nSPS) is 15.7. The van der Waals surface area contributed by atoms with Crippen LogP contribution >= 0.6 is 24.0 Å². The van der Waals surface area contributed by atoms with E-state index in [2.05, 4.69) is 5.32 Å². The van der Waals surface area contributed by atoms with Gasteiger partial charge in [-0.05, 0) is 52.1 Å². The fraction of sp³-hybridized carbons (Fsp3) is 0.615. The third-order valence-corrected chi connectivity index (χ3v) is 8.40. The number of fused-ring (bicyclic) bond motifs is 1. The first kappa shape index (κ1) is 33.2. The zero-order valence-electron chi connectivity index (χ0n) is 23.2. The third-order valence-electron chi connectivity index (χ3n) is 6.82. The van der Waals surface area contributed by atoms with Gasteiger partial charge in [-0.2, -0.15) is 0 Å². The van der Waals surface area contributed by atoms with Crippen molar-refractivity contribution in [3.63, 3.8) is 0 Å². The van der Waals surface area contributed by atoms with E-state index in [9.17, 15) is 18.0 Å². The number of sulfonamides is 1. The topological polar surface area (TPSA) is 110 Å². The van der Waals surface area contributed by atoms with Gasteiger partial charge in [-0.25, -0.2) is 12.7 Å². The van der Waals surface area contributed by atoms with Crippen molar-refractivity contribution in [1.29, 1.82) is 0 Å². The summed E-state index contributed by atoms with van der Waals surface area (Å²) in [4.78, 5) is 28.5. The highest BCUT2D eigenvalue weighted by Gasteiger charge is 2.33. The minimum Gasteiger partial charge on any atom is -0.482 e. The van der Waals surface area contributed by atoms with Crippen LogP contribution in [-0.2, 0) is 26.1 Å². The molecular formula is C26H40Cl2N4O6S. The van der Waals surface area contributed by atoms with Crippen LogP contribution in [-0.4, -0.2) is 92.8 Å². The smallest absolute Gasteiger partial charge is 0.273 e. The first-order chi connectivity index (χ1) is 18.0. The molecule has 10 nitrogen and oxygen atoms in total. The molecule has 0 radical (unpaired) electrons. The van der Waals surface area contributed by atoms with Crippen LogP contribution in [0.4, 0.5) is 0 Å². The number of aromatic nitrogens is 1. The summed E-state index contributed by atoms with van der Waals surface area (Å²) in [5, 5.41) is 4.35. The van der Waals surface area contributed by atoms with Gasteiger partial charge in [-0.1, -0.05) is 23.7 Å². The van der Waals surface area contributed by atoms with Gasteiger partial charge in [0.2, 0.25) is 10.0 Å². The Labute approximate surface area is 242 Å². The molecule has 2 aromatic rings. The predicted octanol–water partition coefficient (Wildman–Crippen LogP) is 3.54. The molecule has 0 aliphatic carbocycles. The van der Waals surface area contributed by atoms with Crippen molar-refractivity contribution in [3.8, 4) is 5.75 Å². The van der Waals surface area contributed by atoms with Crippen LogP contribution in [0.3, 0.4) is 0 Å². The highest BCUT2D eigenvalue weighted by Crippen LogP contribution is 2.38. The number of para-hydroxylation sites is 1. The summed E-state index contributed by atoms with van der Waals surface area (Å²) in [6.45, 7) is 6.25. The summed E-state index contributed by atoms with van der Waals surface area (Å²) in [5.74, 6) is -0.512. The predicted molar refractivity (Wildman–Crippen MR) is 156 cm³/mol. The van der Waals surface area contributed by atoms with Crippen molar-refractivity contribution in [2.75, 3.05) is 46.7 Å². The minimum absolute atomic E-state index is 0. The van der Waals surface area contributed by atoms with Crippen LogP contribution in [0.5, 0.6) is 5.75 Å². The van der Waals surface area contributed by atoms with Crippen molar-refractivity contribution < 1.29 is 27.5 Å². The van der Waals surface area contributed by atoms with Gasteiger partial charge in [0.05, 0.1) is 16.8 Å². The van der Waals surface area contributed by atoms with E-state index in [4.69, 9.17) is 21.1 Å². The van der Waals surface area contributed by atoms with Crippen LogP contribution in [0, 0.1) is 0 Å². The van der Waals surface area contributed by atoms with E-state index >= 15 is 0 Å². The van der Waals surface area contributed by atoms with Gasteiger partial charge in [0.1, 0.15) is 11.4 Å². The molecule has 0 unspecified atom stereocenters. The molecule has 0 bridgehead atoms. The summed E-state index contributed by atoms with van der Waals surface area (Å²) in [6, 6.07) is 5.26. The molecular weight excluding hydrogens is 567 g/mol. The zero-order valence-corrected chi connectivity index (χ0v) is 25.6. The van der Waals surface area contributed by atoms with E-state index < -0.39 is 22.5 Å². The second-order valence-electron chi connectivity index (χ2n) is 9.89. The van der Waals surface area contributed by atoms with Crippen molar-refractivity contribution in [1.82, 2.24) is 19.1 Å². The van der Waals surface area contributed by atoms with Crippen molar-refractivity contribution in [2.24, 2.45) is 0 Å². The van der Waals surface area contributed by atoms with E-state index in [1.165, 1.54) is 7.05 Å². The number of aryl methyl sites for hydroxylation is 1. The van der Waals surface area contributed by atoms with E-state index in [0.717, 1.165) is 45.0 Å². The van der Waals surface area contributed by atoms with Crippen LogP contribution in [0.15, 0.2) is 18.2 Å². The van der Waals surface area contributed by atoms with Crippen LogP contribution in [0.2, 0.25) is 5.02 Å². The lowest BCUT2D eigenvalue weighted by Gasteiger charge is -2.38. The lowest BCUT2D eigenvalue weighted by atomic mass is 10.0. The van der Waals surface area contributed by atoms with Gasteiger partial charge >= 0.3 is 0 Å². The van der Waals surface area contributed by atoms with Crippen LogP contribution < -0.4 is 10.1 Å². The first-order valence-electron chi connectivity index (χ1n) is 12.9. The molecule has 0 spiro atoms. The number of rotatable bonds is 12. The summed E-state index contributed by atoms with van der Waals surface area (Å²) in [6.07, 6.45) is 4.36. The standard InChI is InChI=1S/C26H39ClN4O6S.ClH/c1-18(2)31(19-10-9-13-28-16-19)26(33)25-23(27)20-11-8-12-21(24(20)30(25)14-6-7-15-36-4)37-17-22(32)29(3)38(5,34)35;/h8,11-12,18-19,28H,6-7,9-10,13-17H2,1-5H3;1H/t19-;/m1./s1. The Bertz CT molecular complexity index is 1240. The maximum atomic E-state index is 14.2. The fourth-order valence-electron chi connectivity index (χ4n) is 4.83. The average molecular weight is 608 g/mol. The molecule has 39 heavy (non-hydrogen) atoms. The molecule has 220 valence electrons. The zero-order chi connectivity index (χ0) is 28.0. The number of halogens is 2. The Morgan fingerprint density at radius 2 is 1.97 bits per heavy atom. The minimum atomic E-state index is -3.71. The molecule has 1 aliphatic rings. The Balaban J connectivity index is 0.00000533. The number of hydrogen-bond acceptors (Lipinski definition) is 7. The summed E-state index contributed by atoms with van der Waals surface area (Å²) in [7, 11) is -0.873. The largest absolute Gasteiger partial charge is 0.482 e. The van der Waals surface area contributed by atoms with Gasteiger partial charge in [0, 0.05) is 51.3 Å². The van der Waals surface area contributed by atoms with Gasteiger partial charge in [-0.15, -0.1) is 12.4 Å². The Morgan fingerprint density at radius 3 is 2.56 bits per heavy atom. The number of unbranched alkanes of at least 4 members (excludes halogenated alkanes) is 1. The second kappa shape index (κ2) is 14.5. The van der Waals surface area contributed by atoms with E-state index in [1.807, 2.05) is 29.4 Å². The maximum Gasteiger partial charge on any atom is 0.273 e. The molecule has 0 saturated carbocycles. The van der Waals surface area contributed by atoms with E-state index in [0.29, 0.717) is 44.8 Å². The lowest BCUT2D eigenvalue weighted by Crippen LogP contribution is -2.52. The SMILES string of the molecule is COCCCCn1c(C(=O)N(C(C)C)[C@@H]2CCCNC2)c(Cl)c2cccc(OCC(=O)N(C)S(C)(=O)=O)c21.Cl. The molecule has 1 atom stereocenters. The molecule has 3 rings (SSSR count). The molecule has 1 fully saturated rings. The average Bonchev–Trinajstić information content (AvgIpc) is 3.16. The molecule has 2 heterocycles. The first-order valence-corrected chi connectivity index (χ1v) is 15.1. The van der Waals surface area contributed by atoms with Crippen molar-refractivity contribution in [3.05, 3.63) is 28.9 Å². The van der Waals surface area contributed by atoms with Gasteiger partial charge in [0.15, 0.2) is 6.61 Å². The van der Waals surface area contributed by atoms with E-state index in [1.54, 1.807) is 19.2 Å². The number of carbonyl (C=O) groups is 2. The number of hydrogen-bond donors (Lipinski definition) is 1. The number of methoxy groups -OCH3 is 1. The van der Waals surface area contributed by atoms with Gasteiger partial charge in [-0.3, -0.25) is 9.59 Å². The van der Waals surface area contributed by atoms with Gasteiger partial charge in [0.25, 0.3) is 11.8 Å². The molecule has 1 aliphatic heterocycles. The Kier molecular flexibility index (Phi) is 12.4. The number of ether oxygens (including phenoxy) is 2. The quantitative estimate of drug-likeness (QED) is 0.368. The lowest BCUT2D eigenvalue weighted by molar-refractivity contribution is -0.127. The Hall–Kier alpha value is -2.05. The molecule has 1 N–H and O–H groups in total. The molecule has 1 aromatic carbocycles. The monoisotopic (exact) mass is 606 g/mol. The summed E-state index contributed by atoms with van der Waals surface area (Å²) < 4.78 is 37.1. The van der Waals surface area contributed by atoms with Crippen LogP contribution in [0.1, 0.15) is 50.0 Å². The third kappa shape index (κ3) is 7.79. The van der Waals surface area contributed by atoms with Crippen molar-refractivity contribution in [2.45, 2.75) is 58.2 Å². The highest BCUT2D eigenvalue weighted by atomic mass is 35.5. The Morgan fingerprint density at radius 1 is 1.26 bits per heavy atom. The summed E-state index contributed by atoms with van der Waals surface area (Å²) in [5.41, 5.74) is 0.979. The molecule has 13 heteroatoms. The number of amides is 2. The fourth-order valence-corrected chi connectivity index (χ4v) is 5.59. The maximum absolute atomic E-state index is 14.2. The summed E-state index contributed by atoms with van der Waals surface area (Å²) >= 11 is 6.91. The number of carbonyl (C=O) groups excluding carboxylic acids is 2. The van der Waals surface area contributed by atoms with Gasteiger partial charge < -0.3 is 24.3 Å². The molecule has 1 saturated heterocycles. The number of likely N-dealkylation sites (N-methyl/N-ethyl adjacent to an activating group) is 1. The van der Waals surface area contributed by atoms with Crippen LogP contribution in [0.25, 0.3) is 10.9 Å². The number of piperidine rings is 1. The number of benzene rings is 1. The van der Waals surface area contributed by atoms with E-state index in [-0.39, 0.29) is 30.4 Å². The number of nitrogens with one attached hydrogen (secondary N) is 1. The number of nitrogens with zero attached hydrogens (tertiary/aromatic N) is 3. The second-order valence-corrected chi connectivity index (χ2v) is 12.3. The molecule has 1 aromatic heterocycles. The molecule has 2 amide bonds. The highest BCUT2D eigenvalue weighted by molar-refractivity contribution is 7.88. The van der Waals surface area contributed by atoms with Crippen molar-refractivity contribution >= 4 is 56.7 Å².